The smallest absolute Gasteiger partial charge is 0.126 e. The molecule has 0 spiro atoms. The maximum Gasteiger partial charge on any atom is 0.126 e. The van der Waals surface area contributed by atoms with Gasteiger partial charge in [0.25, 0.3) is 0 Å². The van der Waals surface area contributed by atoms with Gasteiger partial charge in [-0.15, -0.1) is 6.58 Å². The quantitative estimate of drug-likeness (QED) is 0.713. The molecule has 0 aromatic heterocycles. The minimum Gasteiger partial charge on any atom is -0.496 e. The molecule has 2 heteroatoms. The Bertz CT molecular complexity index is 294. The summed E-state index contributed by atoms with van der Waals surface area (Å²) in [6.07, 6.45) is 2.68. The summed E-state index contributed by atoms with van der Waals surface area (Å²) >= 11 is 0. The van der Waals surface area contributed by atoms with E-state index in [0.717, 1.165) is 23.3 Å². The van der Waals surface area contributed by atoms with Crippen LogP contribution in [0.25, 0.3) is 0 Å². The van der Waals surface area contributed by atoms with Gasteiger partial charge in [0.2, 0.25) is 0 Å². The standard InChI is InChI=1S/C11H15NO/c1-3-5-9-6-4-7-10(8-12)11(9)13-2/h3-4,6-7H,1,5,8,12H2,2H3. The highest BCUT2D eigenvalue weighted by Crippen LogP contribution is 2.23. The molecule has 1 aromatic carbocycles. The molecule has 2 N–H and O–H groups in total. The number of rotatable bonds is 4. The number of benzene rings is 1. The highest BCUT2D eigenvalue weighted by Gasteiger charge is 2.05. The average Bonchev–Trinajstić information content (AvgIpc) is 2.18. The van der Waals surface area contributed by atoms with Crippen molar-refractivity contribution < 1.29 is 4.74 Å². The summed E-state index contributed by atoms with van der Waals surface area (Å²) in [6, 6.07) is 5.99. The Morgan fingerprint density at radius 2 is 2.15 bits per heavy atom. The monoisotopic (exact) mass is 177 g/mol. The van der Waals surface area contributed by atoms with Crippen molar-refractivity contribution in [2.24, 2.45) is 5.73 Å². The summed E-state index contributed by atoms with van der Waals surface area (Å²) in [5.74, 6) is 0.893. The van der Waals surface area contributed by atoms with E-state index in [1.54, 1.807) is 7.11 Å². The van der Waals surface area contributed by atoms with Gasteiger partial charge in [0, 0.05) is 12.1 Å². The maximum absolute atomic E-state index is 5.59. The molecule has 1 rings (SSSR count). The van der Waals surface area contributed by atoms with Crippen LogP contribution < -0.4 is 10.5 Å². The van der Waals surface area contributed by atoms with E-state index >= 15 is 0 Å². The highest BCUT2D eigenvalue weighted by atomic mass is 16.5. The molecule has 0 bridgehead atoms. The number of nitrogens with two attached hydrogens (primary N) is 1. The van der Waals surface area contributed by atoms with E-state index in [0.29, 0.717) is 6.54 Å². The van der Waals surface area contributed by atoms with Crippen molar-refractivity contribution in [1.82, 2.24) is 0 Å². The molecular weight excluding hydrogens is 162 g/mol. The van der Waals surface area contributed by atoms with Crippen molar-refractivity contribution in [3.8, 4) is 5.75 Å². The molecule has 2 nitrogen and oxygen atoms in total. The van der Waals surface area contributed by atoms with E-state index < -0.39 is 0 Å². The van der Waals surface area contributed by atoms with Gasteiger partial charge in [-0.25, -0.2) is 0 Å². The molecule has 0 aliphatic carbocycles. The third-order valence-electron chi connectivity index (χ3n) is 1.97. The van der Waals surface area contributed by atoms with Gasteiger partial charge in [-0.1, -0.05) is 24.3 Å². The third-order valence-corrected chi connectivity index (χ3v) is 1.97. The van der Waals surface area contributed by atoms with Crippen molar-refractivity contribution in [2.75, 3.05) is 7.11 Å². The number of ether oxygens (including phenoxy) is 1. The molecule has 1 aromatic rings. The third kappa shape index (κ3) is 2.10. The minimum atomic E-state index is 0.508. The zero-order valence-corrected chi connectivity index (χ0v) is 7.92. The summed E-state index contributed by atoms with van der Waals surface area (Å²) in [4.78, 5) is 0. The van der Waals surface area contributed by atoms with Crippen molar-refractivity contribution in [2.45, 2.75) is 13.0 Å². The van der Waals surface area contributed by atoms with E-state index in [1.807, 2.05) is 24.3 Å². The van der Waals surface area contributed by atoms with E-state index in [1.165, 1.54) is 0 Å². The van der Waals surface area contributed by atoms with Gasteiger partial charge in [0.15, 0.2) is 0 Å². The molecule has 0 unspecified atom stereocenters. The lowest BCUT2D eigenvalue weighted by Gasteiger charge is -2.10. The molecule has 0 heterocycles. The van der Waals surface area contributed by atoms with Crippen LogP contribution in [0.15, 0.2) is 30.9 Å². The SMILES string of the molecule is C=CCc1cccc(CN)c1OC. The summed E-state index contributed by atoms with van der Waals surface area (Å²) in [7, 11) is 1.67. The van der Waals surface area contributed by atoms with Crippen molar-refractivity contribution in [3.63, 3.8) is 0 Å². The minimum absolute atomic E-state index is 0.508. The van der Waals surface area contributed by atoms with Gasteiger partial charge in [-0.2, -0.15) is 0 Å². The molecule has 13 heavy (non-hydrogen) atoms. The first kappa shape index (κ1) is 9.81. The fourth-order valence-electron chi connectivity index (χ4n) is 1.38. The second-order valence-electron chi connectivity index (χ2n) is 2.81. The Kier molecular flexibility index (Phi) is 3.53. The summed E-state index contributed by atoms with van der Waals surface area (Å²) < 4.78 is 5.29. The van der Waals surface area contributed by atoms with Gasteiger partial charge in [-0.3, -0.25) is 0 Å². The van der Waals surface area contributed by atoms with Gasteiger partial charge < -0.3 is 10.5 Å². The fourth-order valence-corrected chi connectivity index (χ4v) is 1.38. The Morgan fingerprint density at radius 3 is 2.69 bits per heavy atom. The van der Waals surface area contributed by atoms with Crippen molar-refractivity contribution in [3.05, 3.63) is 42.0 Å². The summed E-state index contributed by atoms with van der Waals surface area (Å²) in [6.45, 7) is 4.21. The highest BCUT2D eigenvalue weighted by molar-refractivity contribution is 5.42. The largest absolute Gasteiger partial charge is 0.496 e. The van der Waals surface area contributed by atoms with Crippen LogP contribution in [0.4, 0.5) is 0 Å². The van der Waals surface area contributed by atoms with Crippen molar-refractivity contribution in [1.29, 1.82) is 0 Å². The number of para-hydroxylation sites is 1. The first-order valence-corrected chi connectivity index (χ1v) is 4.29. The zero-order valence-electron chi connectivity index (χ0n) is 7.92. The predicted molar refractivity (Wildman–Crippen MR) is 54.8 cm³/mol. The lowest BCUT2D eigenvalue weighted by Crippen LogP contribution is -2.02. The Balaban J connectivity index is 3.10. The van der Waals surface area contributed by atoms with E-state index in [2.05, 4.69) is 6.58 Å². The second-order valence-corrected chi connectivity index (χ2v) is 2.81. The first-order chi connectivity index (χ1) is 6.33. The molecule has 0 saturated heterocycles. The van der Waals surface area contributed by atoms with Crippen LogP contribution in [0.2, 0.25) is 0 Å². The van der Waals surface area contributed by atoms with E-state index in [9.17, 15) is 0 Å². The Hall–Kier alpha value is -1.28. The maximum atomic E-state index is 5.59. The molecule has 0 aliphatic rings. The van der Waals surface area contributed by atoms with Gasteiger partial charge >= 0.3 is 0 Å². The molecule has 70 valence electrons. The molecule has 0 fully saturated rings. The van der Waals surface area contributed by atoms with Crippen LogP contribution in [0.3, 0.4) is 0 Å². The zero-order chi connectivity index (χ0) is 9.68. The molecule has 0 atom stereocenters. The van der Waals surface area contributed by atoms with Crippen LogP contribution in [-0.4, -0.2) is 7.11 Å². The summed E-state index contributed by atoms with van der Waals surface area (Å²) in [5, 5.41) is 0. The topological polar surface area (TPSA) is 35.2 Å². The Morgan fingerprint density at radius 1 is 1.46 bits per heavy atom. The lowest BCUT2D eigenvalue weighted by molar-refractivity contribution is 0.405. The van der Waals surface area contributed by atoms with Gasteiger partial charge in [0.1, 0.15) is 5.75 Å². The Labute approximate surface area is 79.0 Å². The lowest BCUT2D eigenvalue weighted by atomic mass is 10.1. The van der Waals surface area contributed by atoms with E-state index in [-0.39, 0.29) is 0 Å². The molecule has 0 amide bonds. The predicted octanol–water partition coefficient (Wildman–Crippen LogP) is 1.88. The van der Waals surface area contributed by atoms with Crippen LogP contribution in [-0.2, 0) is 13.0 Å². The number of hydrogen-bond donors (Lipinski definition) is 1. The molecule has 0 aliphatic heterocycles. The molecule has 0 saturated carbocycles. The van der Waals surface area contributed by atoms with Crippen LogP contribution in [0.1, 0.15) is 11.1 Å². The normalized spacial score (nSPS) is 9.69. The van der Waals surface area contributed by atoms with Gasteiger partial charge in [0.05, 0.1) is 7.11 Å². The molecular formula is C11H15NO. The first-order valence-electron chi connectivity index (χ1n) is 4.29. The fraction of sp³-hybridized carbons (Fsp3) is 0.273. The van der Waals surface area contributed by atoms with Crippen LogP contribution in [0.5, 0.6) is 5.75 Å². The second kappa shape index (κ2) is 4.67. The number of methoxy groups -OCH3 is 1. The number of allylic oxidation sites excluding steroid dienone is 1. The van der Waals surface area contributed by atoms with Crippen LogP contribution >= 0.6 is 0 Å². The van der Waals surface area contributed by atoms with Crippen molar-refractivity contribution >= 4 is 0 Å². The summed E-state index contributed by atoms with van der Waals surface area (Å²) in [5.41, 5.74) is 7.77. The number of hydrogen-bond acceptors (Lipinski definition) is 2. The molecule has 0 radical (unpaired) electrons. The van der Waals surface area contributed by atoms with Crippen LogP contribution in [0, 0.1) is 0 Å². The van der Waals surface area contributed by atoms with E-state index in [4.69, 9.17) is 10.5 Å². The average molecular weight is 177 g/mol. The van der Waals surface area contributed by atoms with Gasteiger partial charge in [-0.05, 0) is 12.0 Å².